The van der Waals surface area contributed by atoms with Gasteiger partial charge in [-0.15, -0.1) is 0 Å². The molecule has 0 bridgehead atoms. The van der Waals surface area contributed by atoms with Crippen LogP contribution in [0.2, 0.25) is 0 Å². The van der Waals surface area contributed by atoms with Gasteiger partial charge in [0, 0.05) is 28.6 Å². The van der Waals surface area contributed by atoms with E-state index in [0.29, 0.717) is 0 Å². The van der Waals surface area contributed by atoms with Crippen molar-refractivity contribution in [2.75, 3.05) is 11.5 Å². The Morgan fingerprint density at radius 3 is 2.06 bits per heavy atom. The maximum Gasteiger partial charge on any atom is 0.327 e. The lowest BCUT2D eigenvalue weighted by Crippen LogP contribution is -2.58. The van der Waals surface area contributed by atoms with E-state index in [1.54, 1.807) is 6.20 Å². The van der Waals surface area contributed by atoms with Crippen LogP contribution in [-0.4, -0.2) is 80.5 Å². The Morgan fingerprint density at radius 2 is 1.46 bits per heavy atom. The molecule has 2 rings (SSSR count). The Hall–Kier alpha value is -3.23. The lowest BCUT2D eigenvalue weighted by Gasteiger charge is -2.23. The van der Waals surface area contributed by atoms with Crippen molar-refractivity contribution in [3.8, 4) is 0 Å². The van der Waals surface area contributed by atoms with Gasteiger partial charge in [0.2, 0.25) is 17.7 Å². The third-order valence-corrected chi connectivity index (χ3v) is 5.81. The summed E-state index contributed by atoms with van der Waals surface area (Å²) >= 11 is 7.87. The van der Waals surface area contributed by atoms with Gasteiger partial charge in [-0.2, -0.15) is 25.3 Å². The fourth-order valence-corrected chi connectivity index (χ4v) is 3.72. The number of carbonyl (C=O) groups excluding carboxylic acids is 3. The van der Waals surface area contributed by atoms with Crippen LogP contribution in [-0.2, 0) is 30.4 Å². The number of hydrogen-bond donors (Lipinski definition) is 9. The minimum Gasteiger partial charge on any atom is -0.481 e. The zero-order valence-electron chi connectivity index (χ0n) is 18.4. The van der Waals surface area contributed by atoms with E-state index in [9.17, 15) is 24.0 Å². The molecule has 14 heteroatoms. The number of para-hydroxylation sites is 1. The van der Waals surface area contributed by atoms with E-state index in [0.717, 1.165) is 16.5 Å². The Morgan fingerprint density at radius 1 is 0.886 bits per heavy atom. The highest BCUT2D eigenvalue weighted by Crippen LogP contribution is 2.18. The smallest absolute Gasteiger partial charge is 0.327 e. The summed E-state index contributed by atoms with van der Waals surface area (Å²) in [6, 6.07) is 2.26. The van der Waals surface area contributed by atoms with Crippen LogP contribution in [0.15, 0.2) is 30.5 Å². The summed E-state index contributed by atoms with van der Waals surface area (Å²) in [5.74, 6) is -5.76. The molecule has 0 saturated carbocycles. The number of rotatable bonds is 13. The van der Waals surface area contributed by atoms with Crippen LogP contribution in [0.3, 0.4) is 0 Å². The SMILES string of the molecule is NC(Cc1c[nH]c2ccccc12)C(=O)NC(CS)C(=O)NC(CC(=O)O)C(=O)NC(CS)C(=O)O. The number of thiol groups is 2. The van der Waals surface area contributed by atoms with Gasteiger partial charge in [-0.1, -0.05) is 18.2 Å². The van der Waals surface area contributed by atoms with Gasteiger partial charge in [-0.3, -0.25) is 19.2 Å². The fourth-order valence-electron chi connectivity index (χ4n) is 3.22. The van der Waals surface area contributed by atoms with Crippen LogP contribution in [0, 0.1) is 0 Å². The number of H-pyrrole nitrogens is 1. The summed E-state index contributed by atoms with van der Waals surface area (Å²) < 4.78 is 0. The van der Waals surface area contributed by atoms with Crippen molar-refractivity contribution in [1.82, 2.24) is 20.9 Å². The van der Waals surface area contributed by atoms with E-state index in [1.165, 1.54) is 0 Å². The van der Waals surface area contributed by atoms with Crippen molar-refractivity contribution in [2.45, 2.75) is 37.0 Å². The van der Waals surface area contributed by atoms with Crippen molar-refractivity contribution in [3.63, 3.8) is 0 Å². The van der Waals surface area contributed by atoms with E-state index >= 15 is 0 Å². The number of carboxylic acid groups (broad SMARTS) is 2. The Bertz CT molecular complexity index is 1090. The third kappa shape index (κ3) is 7.90. The zero-order valence-corrected chi connectivity index (χ0v) is 20.2. The Kier molecular flexibility index (Phi) is 10.4. The van der Waals surface area contributed by atoms with Gasteiger partial charge in [0.1, 0.15) is 18.1 Å². The first-order valence-electron chi connectivity index (χ1n) is 10.4. The second kappa shape index (κ2) is 13.0. The second-order valence-electron chi connectivity index (χ2n) is 7.65. The summed E-state index contributed by atoms with van der Waals surface area (Å²) in [5, 5.41) is 25.8. The Labute approximate surface area is 211 Å². The number of carboxylic acids is 2. The number of fused-ring (bicyclic) bond motifs is 1. The normalized spacial score (nSPS) is 14.4. The Balaban J connectivity index is 2.04. The van der Waals surface area contributed by atoms with Gasteiger partial charge < -0.3 is 36.9 Å². The molecular weight excluding hydrogens is 498 g/mol. The standard InChI is InChI=1S/C21H27N5O7S2/c22-12(5-10-7-23-13-4-2-1-3-11(10)13)18(29)25-15(8-34)20(31)24-14(6-17(27)28)19(30)26-16(9-35)21(32)33/h1-4,7,12,14-16,23,34-35H,5-6,8-9,22H2,(H,24,31)(H,25,29)(H,26,30)(H,27,28)(H,32,33). The lowest BCUT2D eigenvalue weighted by molar-refractivity contribution is -0.143. The first-order valence-corrected chi connectivity index (χ1v) is 11.7. The van der Waals surface area contributed by atoms with Gasteiger partial charge in [0.05, 0.1) is 12.5 Å². The van der Waals surface area contributed by atoms with Crippen LogP contribution >= 0.6 is 25.3 Å². The highest BCUT2D eigenvalue weighted by Gasteiger charge is 2.31. The van der Waals surface area contributed by atoms with Crippen LogP contribution in [0.1, 0.15) is 12.0 Å². The summed E-state index contributed by atoms with van der Waals surface area (Å²) in [6.07, 6.45) is 1.11. The molecule has 4 unspecified atom stereocenters. The number of aliphatic carboxylic acids is 2. The van der Waals surface area contributed by atoms with Gasteiger partial charge in [-0.05, 0) is 18.1 Å². The molecule has 1 heterocycles. The molecule has 0 fully saturated rings. The van der Waals surface area contributed by atoms with Gasteiger partial charge in [-0.25, -0.2) is 4.79 Å². The van der Waals surface area contributed by atoms with Crippen LogP contribution in [0.25, 0.3) is 10.9 Å². The maximum absolute atomic E-state index is 12.7. The summed E-state index contributed by atoms with van der Waals surface area (Å²) in [7, 11) is 0. The molecule has 0 saturated heterocycles. The van der Waals surface area contributed by atoms with Crippen LogP contribution in [0.5, 0.6) is 0 Å². The highest BCUT2D eigenvalue weighted by atomic mass is 32.1. The zero-order chi connectivity index (χ0) is 26.1. The molecule has 0 radical (unpaired) electrons. The molecule has 1 aromatic carbocycles. The van der Waals surface area contributed by atoms with E-state index in [2.05, 4.69) is 46.2 Å². The van der Waals surface area contributed by atoms with E-state index < -0.39 is 60.2 Å². The third-order valence-electron chi connectivity index (χ3n) is 5.08. The maximum atomic E-state index is 12.7. The average molecular weight is 526 g/mol. The molecule has 35 heavy (non-hydrogen) atoms. The van der Waals surface area contributed by atoms with E-state index in [4.69, 9.17) is 15.9 Å². The number of nitrogens with one attached hydrogen (secondary N) is 4. The quantitative estimate of drug-likeness (QED) is 0.147. The largest absolute Gasteiger partial charge is 0.481 e. The molecule has 1 aromatic heterocycles. The van der Waals surface area contributed by atoms with Gasteiger partial charge in [0.15, 0.2) is 0 Å². The number of hydrogen-bond acceptors (Lipinski definition) is 8. The number of amides is 3. The second-order valence-corrected chi connectivity index (χ2v) is 8.39. The minimum atomic E-state index is -1.60. The van der Waals surface area contributed by atoms with Gasteiger partial charge in [0.25, 0.3) is 0 Å². The molecular formula is C21H27N5O7S2. The van der Waals surface area contributed by atoms with Crippen molar-refractivity contribution in [2.24, 2.45) is 5.73 Å². The number of aromatic nitrogens is 1. The van der Waals surface area contributed by atoms with Crippen molar-refractivity contribution in [3.05, 3.63) is 36.0 Å². The average Bonchev–Trinajstić information content (AvgIpc) is 3.22. The topological polar surface area (TPSA) is 204 Å². The molecule has 3 amide bonds. The highest BCUT2D eigenvalue weighted by molar-refractivity contribution is 7.80. The molecule has 2 aromatic rings. The van der Waals surface area contributed by atoms with Crippen LogP contribution < -0.4 is 21.7 Å². The van der Waals surface area contributed by atoms with E-state index in [-0.39, 0.29) is 17.9 Å². The summed E-state index contributed by atoms with van der Waals surface area (Å²) in [5.41, 5.74) is 7.72. The molecule has 8 N–H and O–H groups in total. The number of nitrogens with two attached hydrogens (primary N) is 1. The lowest BCUT2D eigenvalue weighted by atomic mass is 10.0. The molecule has 190 valence electrons. The monoisotopic (exact) mass is 525 g/mol. The predicted octanol–water partition coefficient (Wildman–Crippen LogP) is -1.09. The first-order chi connectivity index (χ1) is 16.6. The predicted molar refractivity (Wildman–Crippen MR) is 133 cm³/mol. The number of benzene rings is 1. The molecule has 12 nitrogen and oxygen atoms in total. The van der Waals surface area contributed by atoms with Gasteiger partial charge >= 0.3 is 11.9 Å². The molecule has 0 aliphatic carbocycles. The van der Waals surface area contributed by atoms with Crippen molar-refractivity contribution in [1.29, 1.82) is 0 Å². The van der Waals surface area contributed by atoms with Crippen LogP contribution in [0.4, 0.5) is 0 Å². The summed E-state index contributed by atoms with van der Waals surface area (Å²) in [6.45, 7) is 0. The molecule has 0 aliphatic heterocycles. The molecule has 0 spiro atoms. The minimum absolute atomic E-state index is 0.173. The summed E-state index contributed by atoms with van der Waals surface area (Å²) in [4.78, 5) is 63.1. The van der Waals surface area contributed by atoms with Crippen molar-refractivity contribution >= 4 is 65.8 Å². The first kappa shape index (κ1) is 28.0. The van der Waals surface area contributed by atoms with E-state index in [1.807, 2.05) is 24.3 Å². The van der Waals surface area contributed by atoms with Crippen molar-refractivity contribution < 1.29 is 34.2 Å². The fraction of sp³-hybridized carbons (Fsp3) is 0.381. The molecule has 0 aliphatic rings. The number of aromatic amines is 1. The molecule has 4 atom stereocenters. The number of carbonyl (C=O) groups is 5.